The van der Waals surface area contributed by atoms with Gasteiger partial charge in [0.25, 0.3) is 5.91 Å². The second-order valence-electron chi connectivity index (χ2n) is 7.63. The van der Waals surface area contributed by atoms with Gasteiger partial charge in [-0.1, -0.05) is 0 Å². The van der Waals surface area contributed by atoms with E-state index in [0.717, 1.165) is 30.3 Å². The van der Waals surface area contributed by atoms with E-state index in [0.29, 0.717) is 12.2 Å². The van der Waals surface area contributed by atoms with Crippen molar-refractivity contribution in [3.05, 3.63) is 41.1 Å². The maximum atomic E-state index is 12.2. The smallest absolute Gasteiger partial charge is 0.272 e. The Morgan fingerprint density at radius 2 is 1.74 bits per heavy atom. The third-order valence-corrected chi connectivity index (χ3v) is 4.41. The number of carbonyl (C=O) groups is 1. The van der Waals surface area contributed by atoms with E-state index in [1.165, 1.54) is 11.1 Å². The standard InChI is InChI=1S/C20H26N4O3/c1-20(2,3)21-19(25)15-6-7-18(23-22-15)24-9-8-13-10-16(26-4)17(27-5)11-14(13)12-24/h6-7,10-11H,8-9,12H2,1-5H3,(H,21,25). The molecule has 2 heterocycles. The first-order chi connectivity index (χ1) is 12.8. The lowest BCUT2D eigenvalue weighted by Gasteiger charge is -2.30. The van der Waals surface area contributed by atoms with Gasteiger partial charge in [0.05, 0.1) is 14.2 Å². The number of hydrogen-bond donors (Lipinski definition) is 1. The molecule has 0 bridgehead atoms. The predicted octanol–water partition coefficient (Wildman–Crippen LogP) is 2.58. The van der Waals surface area contributed by atoms with Gasteiger partial charge in [-0.25, -0.2) is 0 Å². The minimum Gasteiger partial charge on any atom is -0.493 e. The summed E-state index contributed by atoms with van der Waals surface area (Å²) in [7, 11) is 3.28. The molecule has 0 unspecified atom stereocenters. The van der Waals surface area contributed by atoms with E-state index >= 15 is 0 Å². The number of hydrogen-bond acceptors (Lipinski definition) is 6. The van der Waals surface area contributed by atoms with Crippen LogP contribution in [0.3, 0.4) is 0 Å². The van der Waals surface area contributed by atoms with Crippen LogP contribution in [0.4, 0.5) is 5.82 Å². The number of benzene rings is 1. The van der Waals surface area contributed by atoms with E-state index in [1.807, 2.05) is 39.0 Å². The first-order valence-electron chi connectivity index (χ1n) is 8.95. The summed E-state index contributed by atoms with van der Waals surface area (Å²) in [5, 5.41) is 11.3. The van der Waals surface area contributed by atoms with Crippen molar-refractivity contribution in [3.8, 4) is 11.5 Å². The van der Waals surface area contributed by atoms with Crippen LogP contribution >= 0.6 is 0 Å². The van der Waals surface area contributed by atoms with Crippen molar-refractivity contribution in [1.82, 2.24) is 15.5 Å². The van der Waals surface area contributed by atoms with Crippen LogP contribution in [0.15, 0.2) is 24.3 Å². The second kappa shape index (κ2) is 7.42. The molecule has 1 amide bonds. The van der Waals surface area contributed by atoms with Gasteiger partial charge in [0.15, 0.2) is 23.0 Å². The summed E-state index contributed by atoms with van der Waals surface area (Å²) in [5.41, 5.74) is 2.43. The van der Waals surface area contributed by atoms with Gasteiger partial charge in [-0.05, 0) is 62.6 Å². The number of amides is 1. The molecule has 1 aliphatic rings. The highest BCUT2D eigenvalue weighted by Crippen LogP contribution is 2.34. The molecule has 3 rings (SSSR count). The molecule has 0 atom stereocenters. The third kappa shape index (κ3) is 4.30. The average Bonchev–Trinajstić information content (AvgIpc) is 2.65. The zero-order chi connectivity index (χ0) is 19.6. The monoisotopic (exact) mass is 370 g/mol. The highest BCUT2D eigenvalue weighted by molar-refractivity contribution is 5.92. The van der Waals surface area contributed by atoms with Crippen LogP contribution in [0.2, 0.25) is 0 Å². The van der Waals surface area contributed by atoms with Crippen molar-refractivity contribution in [1.29, 1.82) is 0 Å². The predicted molar refractivity (Wildman–Crippen MR) is 104 cm³/mol. The summed E-state index contributed by atoms with van der Waals surface area (Å²) in [4.78, 5) is 14.3. The van der Waals surface area contributed by atoms with Crippen LogP contribution in [-0.2, 0) is 13.0 Å². The van der Waals surface area contributed by atoms with Crippen molar-refractivity contribution in [2.45, 2.75) is 39.3 Å². The van der Waals surface area contributed by atoms with E-state index in [2.05, 4.69) is 20.4 Å². The van der Waals surface area contributed by atoms with Gasteiger partial charge < -0.3 is 19.7 Å². The quantitative estimate of drug-likeness (QED) is 0.891. The summed E-state index contributed by atoms with van der Waals surface area (Å²) in [6.45, 7) is 7.33. The van der Waals surface area contributed by atoms with Crippen LogP contribution in [-0.4, -0.2) is 42.4 Å². The van der Waals surface area contributed by atoms with Gasteiger partial charge in [0, 0.05) is 18.6 Å². The van der Waals surface area contributed by atoms with E-state index in [9.17, 15) is 4.79 Å². The maximum Gasteiger partial charge on any atom is 0.272 e. The summed E-state index contributed by atoms with van der Waals surface area (Å²) in [6.07, 6.45) is 0.879. The van der Waals surface area contributed by atoms with Gasteiger partial charge in [0.2, 0.25) is 0 Å². The molecule has 27 heavy (non-hydrogen) atoms. The van der Waals surface area contributed by atoms with Crippen LogP contribution in [0.5, 0.6) is 11.5 Å². The normalized spacial score (nSPS) is 13.7. The van der Waals surface area contributed by atoms with Crippen LogP contribution in [0.25, 0.3) is 0 Å². The number of methoxy groups -OCH3 is 2. The number of anilines is 1. The number of fused-ring (bicyclic) bond motifs is 1. The second-order valence-corrected chi connectivity index (χ2v) is 7.63. The minimum atomic E-state index is -0.311. The molecule has 0 spiro atoms. The SMILES string of the molecule is COc1cc2c(cc1OC)CN(c1ccc(C(=O)NC(C)(C)C)nn1)CC2. The molecule has 1 aromatic carbocycles. The van der Waals surface area contributed by atoms with Crippen molar-refractivity contribution in [2.75, 3.05) is 25.7 Å². The molecule has 2 aromatic rings. The molecule has 7 nitrogen and oxygen atoms in total. The molecule has 1 aliphatic heterocycles. The minimum absolute atomic E-state index is 0.220. The molecule has 7 heteroatoms. The van der Waals surface area contributed by atoms with E-state index in [4.69, 9.17) is 9.47 Å². The summed E-state index contributed by atoms with van der Waals surface area (Å²) in [6, 6.07) is 7.61. The lowest BCUT2D eigenvalue weighted by molar-refractivity contribution is 0.0913. The largest absolute Gasteiger partial charge is 0.493 e. The first kappa shape index (κ1) is 18.9. The van der Waals surface area contributed by atoms with E-state index in [-0.39, 0.29) is 11.4 Å². The molecule has 1 N–H and O–H groups in total. The van der Waals surface area contributed by atoms with Crippen molar-refractivity contribution >= 4 is 11.7 Å². The average molecular weight is 370 g/mol. The topological polar surface area (TPSA) is 76.6 Å². The van der Waals surface area contributed by atoms with Gasteiger partial charge >= 0.3 is 0 Å². The molecule has 144 valence electrons. The van der Waals surface area contributed by atoms with Gasteiger partial charge in [-0.15, -0.1) is 10.2 Å². The molecular formula is C20H26N4O3. The Morgan fingerprint density at radius 3 is 2.30 bits per heavy atom. The zero-order valence-electron chi connectivity index (χ0n) is 16.5. The number of rotatable bonds is 4. The number of aromatic nitrogens is 2. The fraction of sp³-hybridized carbons (Fsp3) is 0.450. The van der Waals surface area contributed by atoms with Gasteiger partial charge in [-0.3, -0.25) is 4.79 Å². The Kier molecular flexibility index (Phi) is 5.21. The molecular weight excluding hydrogens is 344 g/mol. The van der Waals surface area contributed by atoms with Crippen molar-refractivity contribution in [2.24, 2.45) is 0 Å². The molecule has 0 aliphatic carbocycles. The molecule has 0 radical (unpaired) electrons. The fourth-order valence-electron chi connectivity index (χ4n) is 3.10. The van der Waals surface area contributed by atoms with Crippen molar-refractivity contribution < 1.29 is 14.3 Å². The molecule has 0 fully saturated rings. The van der Waals surface area contributed by atoms with Crippen LogP contribution in [0.1, 0.15) is 42.4 Å². The molecule has 0 saturated carbocycles. The zero-order valence-corrected chi connectivity index (χ0v) is 16.5. The Morgan fingerprint density at radius 1 is 1.07 bits per heavy atom. The lowest BCUT2D eigenvalue weighted by atomic mass is 9.99. The summed E-state index contributed by atoms with van der Waals surface area (Å²) in [5.74, 6) is 2.00. The van der Waals surface area contributed by atoms with E-state index < -0.39 is 0 Å². The molecule has 0 saturated heterocycles. The number of carbonyl (C=O) groups excluding carboxylic acids is 1. The third-order valence-electron chi connectivity index (χ3n) is 4.41. The summed E-state index contributed by atoms with van der Waals surface area (Å²) >= 11 is 0. The lowest BCUT2D eigenvalue weighted by Crippen LogP contribution is -2.41. The van der Waals surface area contributed by atoms with Crippen LogP contribution < -0.4 is 19.7 Å². The highest BCUT2D eigenvalue weighted by atomic mass is 16.5. The summed E-state index contributed by atoms with van der Waals surface area (Å²) < 4.78 is 10.8. The Hall–Kier alpha value is -2.83. The number of ether oxygens (including phenoxy) is 2. The maximum absolute atomic E-state index is 12.2. The Balaban J connectivity index is 1.76. The van der Waals surface area contributed by atoms with Gasteiger partial charge in [0.1, 0.15) is 0 Å². The van der Waals surface area contributed by atoms with Gasteiger partial charge in [-0.2, -0.15) is 0 Å². The number of nitrogens with zero attached hydrogens (tertiary/aromatic N) is 3. The highest BCUT2D eigenvalue weighted by Gasteiger charge is 2.22. The van der Waals surface area contributed by atoms with Crippen molar-refractivity contribution in [3.63, 3.8) is 0 Å². The fourth-order valence-corrected chi connectivity index (χ4v) is 3.10. The van der Waals surface area contributed by atoms with Crippen LogP contribution in [0, 0.1) is 0 Å². The molecule has 1 aromatic heterocycles. The Bertz CT molecular complexity index is 828. The first-order valence-corrected chi connectivity index (χ1v) is 8.95. The number of nitrogens with one attached hydrogen (secondary N) is 1. The Labute approximate surface area is 159 Å². The van der Waals surface area contributed by atoms with E-state index in [1.54, 1.807) is 20.3 Å².